The molecule has 11 aromatic rings. The Hall–Kier alpha value is -6.62. The van der Waals surface area contributed by atoms with Crippen LogP contribution in [0.5, 0.6) is 11.5 Å². The van der Waals surface area contributed by atoms with Gasteiger partial charge in [0.25, 0.3) is 0 Å². The van der Waals surface area contributed by atoms with Crippen molar-refractivity contribution in [3.05, 3.63) is 182 Å². The Labute approximate surface area is 355 Å². The van der Waals surface area contributed by atoms with Gasteiger partial charge in [-0.05, 0) is 64.9 Å². The van der Waals surface area contributed by atoms with E-state index >= 15 is 0 Å². The van der Waals surface area contributed by atoms with Crippen LogP contribution >= 0.6 is 0 Å². The van der Waals surface area contributed by atoms with Crippen molar-refractivity contribution in [2.24, 2.45) is 0 Å². The van der Waals surface area contributed by atoms with Crippen LogP contribution in [-0.2, 0) is 26.5 Å². The number of nitrogens with zero attached hydrogens (tertiary/aromatic N) is 5. The number of anilines is 4. The maximum absolute atomic E-state index is 6.66. The first-order valence-corrected chi connectivity index (χ1v) is 19.7. The standard InChI is InChI=1S/C52H36N5O.Pt/c1-52(2,3)33-23-25-34(26-24-33)54-32-55(46-21-7-6-20-45(46)54)35-12-8-13-36(30-35)58-37-27-28-39-41-17-10-22-47-50(41)57(48(39)31-37)51-43(18-11-29-53-51)42-16-9-15-40-38-14-4-5-19-44(38)56(47)49(40)42;/h4-29,32H,1-3H3;/q-3;. The van der Waals surface area contributed by atoms with Crippen LogP contribution in [0.25, 0.3) is 65.5 Å². The van der Waals surface area contributed by atoms with Gasteiger partial charge in [-0.25, -0.2) is 4.98 Å². The van der Waals surface area contributed by atoms with E-state index in [9.17, 15) is 0 Å². The third kappa shape index (κ3) is 5.33. The first kappa shape index (κ1) is 35.5. The third-order valence-corrected chi connectivity index (χ3v) is 11.8. The molecule has 0 N–H and O–H groups in total. The van der Waals surface area contributed by atoms with Crippen LogP contribution in [0.1, 0.15) is 26.3 Å². The molecule has 0 amide bonds. The fourth-order valence-corrected chi connectivity index (χ4v) is 9.06. The van der Waals surface area contributed by atoms with Crippen LogP contribution in [0, 0.1) is 18.8 Å². The molecular formula is C52H36N5OPt-3. The summed E-state index contributed by atoms with van der Waals surface area (Å²) in [7, 11) is 0. The van der Waals surface area contributed by atoms with Crippen LogP contribution < -0.4 is 14.5 Å². The maximum atomic E-state index is 6.66. The van der Waals surface area contributed by atoms with Crippen molar-refractivity contribution in [1.29, 1.82) is 0 Å². The minimum Gasteiger partial charge on any atom is -0.509 e. The molecule has 0 radical (unpaired) electrons. The molecular weight excluding hydrogens is 906 g/mol. The summed E-state index contributed by atoms with van der Waals surface area (Å²) in [5, 5.41) is 6.86. The molecule has 12 rings (SSSR count). The normalized spacial score (nSPS) is 13.1. The largest absolute Gasteiger partial charge is 0.509 e. The first-order valence-electron chi connectivity index (χ1n) is 19.7. The van der Waals surface area contributed by atoms with Crippen LogP contribution in [0.15, 0.2) is 158 Å². The average Bonchev–Trinajstić information content (AvgIpc) is 3.91. The second-order valence-electron chi connectivity index (χ2n) is 16.2. The minimum absolute atomic E-state index is 0. The molecule has 0 saturated carbocycles. The van der Waals surface area contributed by atoms with E-state index in [1.165, 1.54) is 27.4 Å². The SMILES string of the molecule is CC(C)(C)c1ccc(N2[CH-]N(c3[c-]c(Oc4[c-]c5c(cc4)c4cccc6c4n5c4ncccc4c4cccc5c7ccccc7n6c54)ccc3)c3ccccc32)cc1.[Pt]. The van der Waals surface area contributed by atoms with Crippen molar-refractivity contribution in [1.82, 2.24) is 13.8 Å². The van der Waals surface area contributed by atoms with Gasteiger partial charge in [0.2, 0.25) is 0 Å². The summed E-state index contributed by atoms with van der Waals surface area (Å²) in [6, 6.07) is 60.9. The average molecular weight is 942 g/mol. The number of fused-ring (bicyclic) bond motifs is 11. The van der Waals surface area contributed by atoms with E-state index < -0.39 is 0 Å². The number of hydrogen-bond donors (Lipinski definition) is 0. The zero-order valence-corrected chi connectivity index (χ0v) is 34.8. The Bertz CT molecular complexity index is 3470. The van der Waals surface area contributed by atoms with E-state index in [1.807, 2.05) is 30.5 Å². The second-order valence-corrected chi connectivity index (χ2v) is 16.2. The van der Waals surface area contributed by atoms with E-state index in [2.05, 4.69) is 186 Å². The van der Waals surface area contributed by atoms with E-state index in [0.717, 1.165) is 66.5 Å². The summed E-state index contributed by atoms with van der Waals surface area (Å²) in [4.78, 5) is 9.49. The van der Waals surface area contributed by atoms with E-state index in [-0.39, 0.29) is 26.5 Å². The Morgan fingerprint density at radius 3 is 1.98 bits per heavy atom. The number of hydrogen-bond acceptors (Lipinski definition) is 4. The molecule has 7 aromatic carbocycles. The number of pyridine rings is 1. The number of aromatic nitrogens is 3. The van der Waals surface area contributed by atoms with E-state index in [4.69, 9.17) is 9.72 Å². The summed E-state index contributed by atoms with van der Waals surface area (Å²) in [5.74, 6) is 1.20. The molecule has 0 aliphatic carbocycles. The van der Waals surface area contributed by atoms with Crippen LogP contribution in [0.3, 0.4) is 0 Å². The second kappa shape index (κ2) is 13.2. The molecule has 1 aliphatic heterocycles. The topological polar surface area (TPSA) is 37.4 Å². The first-order chi connectivity index (χ1) is 28.4. The van der Waals surface area contributed by atoms with Gasteiger partial charge in [-0.15, -0.1) is 48.1 Å². The minimum atomic E-state index is 0. The molecule has 0 spiro atoms. The molecule has 5 heterocycles. The van der Waals surface area contributed by atoms with Crippen molar-refractivity contribution in [2.45, 2.75) is 26.2 Å². The quantitative estimate of drug-likeness (QED) is 0.165. The van der Waals surface area contributed by atoms with Crippen molar-refractivity contribution in [2.75, 3.05) is 9.80 Å². The van der Waals surface area contributed by atoms with Gasteiger partial charge in [-0.2, -0.15) is 12.1 Å². The number of ether oxygens (including phenoxy) is 1. The van der Waals surface area contributed by atoms with Crippen molar-refractivity contribution < 1.29 is 25.8 Å². The molecule has 288 valence electrons. The molecule has 0 bridgehead atoms. The van der Waals surface area contributed by atoms with Crippen molar-refractivity contribution >= 4 is 88.3 Å². The number of benzene rings is 7. The molecule has 1 aliphatic rings. The Morgan fingerprint density at radius 2 is 1.17 bits per heavy atom. The van der Waals surface area contributed by atoms with E-state index in [0.29, 0.717) is 11.5 Å². The molecule has 4 aromatic heterocycles. The monoisotopic (exact) mass is 941 g/mol. The van der Waals surface area contributed by atoms with Gasteiger partial charge in [0.15, 0.2) is 0 Å². The van der Waals surface area contributed by atoms with Gasteiger partial charge in [0.1, 0.15) is 5.65 Å². The summed E-state index contributed by atoms with van der Waals surface area (Å²) >= 11 is 0. The van der Waals surface area contributed by atoms with Crippen LogP contribution in [0.4, 0.5) is 22.7 Å². The number of rotatable bonds is 4. The zero-order valence-electron chi connectivity index (χ0n) is 32.5. The van der Waals surface area contributed by atoms with Crippen LogP contribution in [-0.4, -0.2) is 13.8 Å². The van der Waals surface area contributed by atoms with Gasteiger partial charge in [0, 0.05) is 77.4 Å². The smallest absolute Gasteiger partial charge is 0.143 e. The van der Waals surface area contributed by atoms with Crippen molar-refractivity contribution in [3.8, 4) is 11.5 Å². The molecule has 0 saturated heterocycles. The predicted octanol–water partition coefficient (Wildman–Crippen LogP) is 13.4. The Kier molecular flexibility index (Phi) is 7.95. The summed E-state index contributed by atoms with van der Waals surface area (Å²) in [5.41, 5.74) is 11.9. The molecule has 59 heavy (non-hydrogen) atoms. The fourth-order valence-electron chi connectivity index (χ4n) is 9.06. The van der Waals surface area contributed by atoms with Gasteiger partial charge < -0.3 is 23.3 Å². The Balaban J connectivity index is 0.00000397. The Morgan fingerprint density at radius 1 is 0.525 bits per heavy atom. The molecule has 0 fully saturated rings. The van der Waals surface area contributed by atoms with Crippen molar-refractivity contribution in [3.63, 3.8) is 0 Å². The zero-order chi connectivity index (χ0) is 38.7. The summed E-state index contributed by atoms with van der Waals surface area (Å²) in [6.45, 7) is 8.86. The summed E-state index contributed by atoms with van der Waals surface area (Å²) < 4.78 is 11.4. The van der Waals surface area contributed by atoms with Crippen LogP contribution in [0.2, 0.25) is 0 Å². The fraction of sp³-hybridized carbons (Fsp3) is 0.0769. The third-order valence-electron chi connectivity index (χ3n) is 11.8. The van der Waals surface area contributed by atoms with Gasteiger partial charge in [-0.3, -0.25) is 0 Å². The molecule has 0 unspecified atom stereocenters. The van der Waals surface area contributed by atoms with E-state index in [1.54, 1.807) is 0 Å². The molecule has 7 heteroatoms. The molecule has 0 atom stereocenters. The summed E-state index contributed by atoms with van der Waals surface area (Å²) in [6.07, 6.45) is 1.88. The predicted molar refractivity (Wildman–Crippen MR) is 238 cm³/mol. The number of para-hydroxylation sites is 5. The van der Waals surface area contributed by atoms with Gasteiger partial charge >= 0.3 is 0 Å². The van der Waals surface area contributed by atoms with Gasteiger partial charge in [0.05, 0.1) is 22.1 Å². The molecule has 6 nitrogen and oxygen atoms in total. The maximum Gasteiger partial charge on any atom is 0.143 e. The van der Waals surface area contributed by atoms with Gasteiger partial charge in [-0.1, -0.05) is 99.1 Å².